The first-order valence-electron chi connectivity index (χ1n) is 15.7. The number of rotatable bonds is 4. The predicted molar refractivity (Wildman–Crippen MR) is 151 cm³/mol. The fourth-order valence-corrected chi connectivity index (χ4v) is 11.3. The summed E-state index contributed by atoms with van der Waals surface area (Å²) in [7, 11) is 0. The minimum absolute atomic E-state index is 0.0106. The molecule has 0 spiro atoms. The number of hydrogen-bond acceptors (Lipinski definition) is 3. The Hall–Kier alpha value is -1.32. The van der Waals surface area contributed by atoms with Crippen LogP contribution in [0.15, 0.2) is 11.6 Å². The molecule has 0 aliphatic heterocycles. The Morgan fingerprint density at radius 3 is 2.18 bits per heavy atom. The second-order valence-corrected chi connectivity index (χ2v) is 16.2. The molecule has 8 atom stereocenters. The minimum atomic E-state index is -0.646. The maximum Gasteiger partial charge on any atom is 0.313 e. The van der Waals surface area contributed by atoms with E-state index >= 15 is 0 Å². The molecule has 0 unspecified atom stereocenters. The standard InChI is InChI=1S/C34H54O4/c1-9-10-27(35)38-26-14-15-31(6)24(30(26,4)5)13-16-33(8)25(31)12-11-22-23-21-29(2,3)17-19-34(23,28(36)37)20-18-32(22,33)7/h21-22,24-26H,9-20H2,1-8H3,(H,36,37)/t22-,24+,25-,26+,31+,32-,33-,34+/m1/s1. The second kappa shape index (κ2) is 8.84. The molecule has 0 aromatic carbocycles. The molecule has 0 aromatic rings. The minimum Gasteiger partial charge on any atom is -0.481 e. The smallest absolute Gasteiger partial charge is 0.313 e. The van der Waals surface area contributed by atoms with Gasteiger partial charge in [0.1, 0.15) is 6.10 Å². The van der Waals surface area contributed by atoms with Gasteiger partial charge in [-0.3, -0.25) is 9.59 Å². The fourth-order valence-electron chi connectivity index (χ4n) is 11.3. The molecule has 5 aliphatic rings. The molecule has 0 saturated heterocycles. The first-order chi connectivity index (χ1) is 17.6. The SMILES string of the molecule is CCCC(=O)O[C@H]1CC[C@]2(C)[C@H]3CC[C@@H]4C5=CC(C)(C)CC[C@]5(C(=O)O)CC[C@@]4(C)[C@]3(C)CC[C@H]2C1(C)C. The molecule has 4 fully saturated rings. The molecular weight excluding hydrogens is 472 g/mol. The van der Waals surface area contributed by atoms with Crippen molar-refractivity contribution in [2.45, 2.75) is 139 Å². The number of aliphatic carboxylic acids is 1. The van der Waals surface area contributed by atoms with Gasteiger partial charge in [0.25, 0.3) is 0 Å². The molecule has 5 aliphatic carbocycles. The summed E-state index contributed by atoms with van der Waals surface area (Å²) in [6.07, 6.45) is 14.1. The molecule has 5 rings (SSSR count). The van der Waals surface area contributed by atoms with Crippen LogP contribution in [0.25, 0.3) is 0 Å². The van der Waals surface area contributed by atoms with Gasteiger partial charge in [0.15, 0.2) is 0 Å². The van der Waals surface area contributed by atoms with E-state index in [1.165, 1.54) is 24.8 Å². The summed E-state index contributed by atoms with van der Waals surface area (Å²) >= 11 is 0. The van der Waals surface area contributed by atoms with Gasteiger partial charge in [-0.15, -0.1) is 0 Å². The molecular formula is C34H54O4. The van der Waals surface area contributed by atoms with Crippen LogP contribution in [0.5, 0.6) is 0 Å². The molecule has 38 heavy (non-hydrogen) atoms. The van der Waals surface area contributed by atoms with Gasteiger partial charge in [0.2, 0.25) is 0 Å². The van der Waals surface area contributed by atoms with Gasteiger partial charge in [-0.05, 0) is 110 Å². The van der Waals surface area contributed by atoms with Crippen LogP contribution in [0.1, 0.15) is 132 Å². The Kier molecular flexibility index (Phi) is 6.56. The van der Waals surface area contributed by atoms with Gasteiger partial charge in [-0.2, -0.15) is 0 Å². The van der Waals surface area contributed by atoms with Gasteiger partial charge in [-0.25, -0.2) is 0 Å². The topological polar surface area (TPSA) is 63.6 Å². The third-order valence-corrected chi connectivity index (χ3v) is 13.7. The van der Waals surface area contributed by atoms with E-state index in [1.54, 1.807) is 0 Å². The molecule has 4 nitrogen and oxygen atoms in total. The van der Waals surface area contributed by atoms with Crippen molar-refractivity contribution >= 4 is 11.9 Å². The number of carboxylic acid groups (broad SMARTS) is 1. The van der Waals surface area contributed by atoms with Crippen molar-refractivity contribution in [3.8, 4) is 0 Å². The Balaban J connectivity index is 1.49. The maximum absolute atomic E-state index is 12.8. The molecule has 214 valence electrons. The lowest BCUT2D eigenvalue weighted by Crippen LogP contribution is -2.66. The highest BCUT2D eigenvalue weighted by atomic mass is 16.5. The van der Waals surface area contributed by atoms with Gasteiger partial charge in [0, 0.05) is 11.8 Å². The summed E-state index contributed by atoms with van der Waals surface area (Å²) in [4.78, 5) is 25.3. The number of carbonyl (C=O) groups is 2. The van der Waals surface area contributed by atoms with Crippen LogP contribution in [-0.2, 0) is 14.3 Å². The van der Waals surface area contributed by atoms with Crippen molar-refractivity contribution in [2.24, 2.45) is 50.2 Å². The van der Waals surface area contributed by atoms with Crippen LogP contribution in [0, 0.1) is 50.2 Å². The zero-order valence-corrected chi connectivity index (χ0v) is 25.5. The molecule has 0 heterocycles. The average molecular weight is 527 g/mol. The van der Waals surface area contributed by atoms with Crippen LogP contribution in [0.3, 0.4) is 0 Å². The van der Waals surface area contributed by atoms with E-state index < -0.39 is 11.4 Å². The lowest BCUT2D eigenvalue weighted by Gasteiger charge is -2.72. The number of carboxylic acids is 1. The second-order valence-electron chi connectivity index (χ2n) is 16.2. The van der Waals surface area contributed by atoms with E-state index in [2.05, 4.69) is 54.5 Å². The number of esters is 1. The summed E-state index contributed by atoms with van der Waals surface area (Å²) in [5, 5.41) is 10.6. The van der Waals surface area contributed by atoms with Gasteiger partial charge in [0.05, 0.1) is 5.41 Å². The number of hydrogen-bond donors (Lipinski definition) is 1. The van der Waals surface area contributed by atoms with Gasteiger partial charge < -0.3 is 9.84 Å². The van der Waals surface area contributed by atoms with Crippen LogP contribution in [0.2, 0.25) is 0 Å². The lowest BCUT2D eigenvalue weighted by molar-refractivity contribution is -0.234. The van der Waals surface area contributed by atoms with E-state index in [9.17, 15) is 14.7 Å². The van der Waals surface area contributed by atoms with E-state index in [1.807, 2.05) is 6.92 Å². The summed E-state index contributed by atoms with van der Waals surface area (Å²) in [6.45, 7) is 19.1. The van der Waals surface area contributed by atoms with Crippen molar-refractivity contribution in [3.05, 3.63) is 11.6 Å². The monoisotopic (exact) mass is 526 g/mol. The third kappa shape index (κ3) is 3.73. The van der Waals surface area contributed by atoms with Gasteiger partial charge >= 0.3 is 11.9 Å². The Morgan fingerprint density at radius 1 is 0.842 bits per heavy atom. The molecule has 0 bridgehead atoms. The molecule has 0 aromatic heterocycles. The lowest BCUT2D eigenvalue weighted by atomic mass is 9.32. The van der Waals surface area contributed by atoms with Crippen molar-refractivity contribution < 1.29 is 19.4 Å². The highest BCUT2D eigenvalue weighted by Crippen LogP contribution is 2.76. The molecule has 4 heteroatoms. The molecule has 4 saturated carbocycles. The number of fused-ring (bicyclic) bond motifs is 7. The van der Waals surface area contributed by atoms with Crippen LogP contribution >= 0.6 is 0 Å². The van der Waals surface area contributed by atoms with Crippen molar-refractivity contribution in [1.29, 1.82) is 0 Å². The maximum atomic E-state index is 12.8. The largest absolute Gasteiger partial charge is 0.481 e. The number of ether oxygens (including phenoxy) is 1. The highest BCUT2D eigenvalue weighted by molar-refractivity contribution is 5.80. The van der Waals surface area contributed by atoms with Crippen molar-refractivity contribution in [1.82, 2.24) is 0 Å². The third-order valence-electron chi connectivity index (χ3n) is 13.7. The summed E-state index contributed by atoms with van der Waals surface area (Å²) in [6, 6.07) is 0. The Bertz CT molecular complexity index is 1020. The van der Waals surface area contributed by atoms with E-state index in [0.29, 0.717) is 24.2 Å². The van der Waals surface area contributed by atoms with Gasteiger partial charge in [-0.1, -0.05) is 67.0 Å². The summed E-state index contributed by atoms with van der Waals surface area (Å²) in [5.74, 6) is 0.914. The predicted octanol–water partition coefficient (Wildman–Crippen LogP) is 8.58. The normalized spacial score (nSPS) is 46.9. The Labute approximate surface area is 231 Å². The van der Waals surface area contributed by atoms with Crippen LogP contribution in [0.4, 0.5) is 0 Å². The first kappa shape index (κ1) is 28.2. The van der Waals surface area contributed by atoms with Crippen LogP contribution < -0.4 is 0 Å². The summed E-state index contributed by atoms with van der Waals surface area (Å²) < 4.78 is 6.12. The fraction of sp³-hybridized carbons (Fsp3) is 0.882. The quantitative estimate of drug-likeness (QED) is 0.294. The van der Waals surface area contributed by atoms with Crippen molar-refractivity contribution in [2.75, 3.05) is 0 Å². The van der Waals surface area contributed by atoms with E-state index in [0.717, 1.165) is 51.4 Å². The van der Waals surface area contributed by atoms with Crippen LogP contribution in [-0.4, -0.2) is 23.1 Å². The number of carbonyl (C=O) groups excluding carboxylic acids is 1. The first-order valence-corrected chi connectivity index (χ1v) is 15.7. The zero-order chi connectivity index (χ0) is 27.9. The highest BCUT2D eigenvalue weighted by Gasteiger charge is 2.70. The zero-order valence-electron chi connectivity index (χ0n) is 25.5. The Morgan fingerprint density at radius 2 is 1.53 bits per heavy atom. The average Bonchev–Trinajstić information content (AvgIpc) is 2.81. The van der Waals surface area contributed by atoms with E-state index in [4.69, 9.17) is 4.74 Å². The number of allylic oxidation sites excluding steroid dienone is 1. The molecule has 0 amide bonds. The summed E-state index contributed by atoms with van der Waals surface area (Å²) in [5.41, 5.74) is 1.22. The van der Waals surface area contributed by atoms with Crippen molar-refractivity contribution in [3.63, 3.8) is 0 Å². The molecule has 1 N–H and O–H groups in total. The van der Waals surface area contributed by atoms with E-state index in [-0.39, 0.29) is 39.1 Å². The molecule has 0 radical (unpaired) electrons.